The Hall–Kier alpha value is -1.24. The third-order valence-electron chi connectivity index (χ3n) is 2.34. The third kappa shape index (κ3) is 3.20. The minimum Gasteiger partial charge on any atom is -0.481 e. The molecule has 1 aromatic heterocycles. The molecule has 1 N–H and O–H groups in total. The standard InChI is InChI=1S/C11H9Cl2N3O2S/c1-16-10(6-2-3-7(12)8(13)4-6)14-15-11(16)19-5-9(17)18/h2-4H,5H2,1H3,(H,17,18). The van der Waals surface area contributed by atoms with Crippen LogP contribution >= 0.6 is 35.0 Å². The Bertz CT molecular complexity index is 630. The van der Waals surface area contributed by atoms with Gasteiger partial charge in [0.2, 0.25) is 0 Å². The maximum atomic E-state index is 10.5. The monoisotopic (exact) mass is 317 g/mol. The van der Waals surface area contributed by atoms with E-state index in [1.807, 2.05) is 0 Å². The van der Waals surface area contributed by atoms with E-state index in [1.54, 1.807) is 29.8 Å². The van der Waals surface area contributed by atoms with Crippen LogP contribution in [-0.2, 0) is 11.8 Å². The average molecular weight is 318 g/mol. The smallest absolute Gasteiger partial charge is 0.313 e. The van der Waals surface area contributed by atoms with Crippen LogP contribution in [0.1, 0.15) is 0 Å². The lowest BCUT2D eigenvalue weighted by Gasteiger charge is -2.04. The maximum absolute atomic E-state index is 10.5. The van der Waals surface area contributed by atoms with E-state index in [0.717, 1.165) is 17.3 Å². The molecule has 0 aliphatic rings. The molecule has 0 aliphatic carbocycles. The van der Waals surface area contributed by atoms with Gasteiger partial charge in [-0.05, 0) is 18.2 Å². The van der Waals surface area contributed by atoms with E-state index < -0.39 is 5.97 Å². The molecule has 0 bridgehead atoms. The minimum absolute atomic E-state index is 0.0622. The molecule has 1 aromatic carbocycles. The molecule has 19 heavy (non-hydrogen) atoms. The fourth-order valence-corrected chi connectivity index (χ4v) is 2.38. The number of benzene rings is 1. The summed E-state index contributed by atoms with van der Waals surface area (Å²) >= 11 is 12.9. The van der Waals surface area contributed by atoms with Gasteiger partial charge in [-0.3, -0.25) is 4.79 Å². The second-order valence-electron chi connectivity index (χ2n) is 3.68. The van der Waals surface area contributed by atoms with Crippen molar-refractivity contribution in [1.82, 2.24) is 14.8 Å². The molecule has 1 heterocycles. The highest BCUT2D eigenvalue weighted by Crippen LogP contribution is 2.28. The predicted octanol–water partition coefficient (Wildman–Crippen LogP) is 2.97. The second kappa shape index (κ2) is 5.81. The van der Waals surface area contributed by atoms with Crippen molar-refractivity contribution in [3.63, 3.8) is 0 Å². The molecule has 0 radical (unpaired) electrons. The molecule has 8 heteroatoms. The van der Waals surface area contributed by atoms with Gasteiger partial charge in [-0.2, -0.15) is 0 Å². The Morgan fingerprint density at radius 1 is 1.37 bits per heavy atom. The molecular formula is C11H9Cl2N3O2S. The van der Waals surface area contributed by atoms with Crippen molar-refractivity contribution in [2.45, 2.75) is 5.16 Å². The molecule has 5 nitrogen and oxygen atoms in total. The molecule has 0 saturated carbocycles. The van der Waals surface area contributed by atoms with Crippen molar-refractivity contribution in [2.24, 2.45) is 7.05 Å². The van der Waals surface area contributed by atoms with Crippen LogP contribution in [0.2, 0.25) is 10.0 Å². The first-order valence-electron chi connectivity index (χ1n) is 5.18. The Balaban J connectivity index is 2.30. The van der Waals surface area contributed by atoms with Crippen LogP contribution < -0.4 is 0 Å². The van der Waals surface area contributed by atoms with E-state index in [4.69, 9.17) is 28.3 Å². The highest BCUT2D eigenvalue weighted by molar-refractivity contribution is 7.99. The summed E-state index contributed by atoms with van der Waals surface area (Å²) in [4.78, 5) is 10.5. The van der Waals surface area contributed by atoms with Crippen LogP contribution in [-0.4, -0.2) is 31.6 Å². The van der Waals surface area contributed by atoms with E-state index >= 15 is 0 Å². The van der Waals surface area contributed by atoms with Crippen LogP contribution in [0.4, 0.5) is 0 Å². The molecular weight excluding hydrogens is 309 g/mol. The van der Waals surface area contributed by atoms with Crippen LogP contribution in [0.5, 0.6) is 0 Å². The van der Waals surface area contributed by atoms with Gasteiger partial charge in [0, 0.05) is 12.6 Å². The summed E-state index contributed by atoms with van der Waals surface area (Å²) in [6.07, 6.45) is 0. The molecule has 2 aromatic rings. The van der Waals surface area contributed by atoms with Gasteiger partial charge in [0.25, 0.3) is 0 Å². The van der Waals surface area contributed by atoms with Gasteiger partial charge in [-0.15, -0.1) is 10.2 Å². The Morgan fingerprint density at radius 2 is 2.11 bits per heavy atom. The van der Waals surface area contributed by atoms with Crippen molar-refractivity contribution < 1.29 is 9.90 Å². The number of nitrogens with zero attached hydrogens (tertiary/aromatic N) is 3. The molecule has 0 aliphatic heterocycles. The number of aliphatic carboxylic acids is 1. The number of carbonyl (C=O) groups is 1. The SMILES string of the molecule is Cn1c(SCC(=O)O)nnc1-c1ccc(Cl)c(Cl)c1. The predicted molar refractivity (Wildman–Crippen MR) is 74.8 cm³/mol. The molecule has 0 saturated heterocycles. The van der Waals surface area contributed by atoms with E-state index in [2.05, 4.69) is 10.2 Å². The van der Waals surface area contributed by atoms with Gasteiger partial charge in [0.1, 0.15) is 0 Å². The third-order valence-corrected chi connectivity index (χ3v) is 4.08. The van der Waals surface area contributed by atoms with Crippen molar-refractivity contribution in [1.29, 1.82) is 0 Å². The number of rotatable bonds is 4. The maximum Gasteiger partial charge on any atom is 0.313 e. The lowest BCUT2D eigenvalue weighted by molar-refractivity contribution is -0.133. The number of thioether (sulfide) groups is 1. The lowest BCUT2D eigenvalue weighted by Crippen LogP contribution is -2.01. The number of halogens is 2. The van der Waals surface area contributed by atoms with E-state index in [-0.39, 0.29) is 5.75 Å². The van der Waals surface area contributed by atoms with Crippen molar-refractivity contribution in [3.8, 4) is 11.4 Å². The Kier molecular flexibility index (Phi) is 4.34. The lowest BCUT2D eigenvalue weighted by atomic mass is 10.2. The van der Waals surface area contributed by atoms with Crippen molar-refractivity contribution >= 4 is 40.9 Å². The van der Waals surface area contributed by atoms with Gasteiger partial charge in [-0.25, -0.2) is 0 Å². The second-order valence-corrected chi connectivity index (χ2v) is 5.43. The summed E-state index contributed by atoms with van der Waals surface area (Å²) in [5, 5.41) is 18.1. The van der Waals surface area contributed by atoms with E-state index in [9.17, 15) is 4.79 Å². The normalized spacial score (nSPS) is 10.7. The zero-order valence-electron chi connectivity index (χ0n) is 9.80. The number of hydrogen-bond donors (Lipinski definition) is 1. The topological polar surface area (TPSA) is 68.0 Å². The zero-order valence-corrected chi connectivity index (χ0v) is 12.1. The zero-order chi connectivity index (χ0) is 14.0. The summed E-state index contributed by atoms with van der Waals surface area (Å²) < 4.78 is 1.72. The van der Waals surface area contributed by atoms with Crippen LogP contribution in [0.15, 0.2) is 23.4 Å². The quantitative estimate of drug-likeness (QED) is 0.878. The molecule has 0 fully saturated rings. The Morgan fingerprint density at radius 3 is 2.74 bits per heavy atom. The van der Waals surface area contributed by atoms with Gasteiger partial charge in [0.15, 0.2) is 11.0 Å². The largest absolute Gasteiger partial charge is 0.481 e. The van der Waals surface area contributed by atoms with Crippen molar-refractivity contribution in [3.05, 3.63) is 28.2 Å². The van der Waals surface area contributed by atoms with Crippen molar-refractivity contribution in [2.75, 3.05) is 5.75 Å². The highest BCUT2D eigenvalue weighted by atomic mass is 35.5. The number of aromatic nitrogens is 3. The molecule has 2 rings (SSSR count). The number of carboxylic acid groups (broad SMARTS) is 1. The molecule has 0 unspecified atom stereocenters. The fourth-order valence-electron chi connectivity index (χ4n) is 1.45. The molecule has 0 amide bonds. The van der Waals surface area contributed by atoms with Gasteiger partial charge in [-0.1, -0.05) is 35.0 Å². The van der Waals surface area contributed by atoms with Gasteiger partial charge >= 0.3 is 5.97 Å². The minimum atomic E-state index is -0.899. The summed E-state index contributed by atoms with van der Waals surface area (Å²) in [5.41, 5.74) is 0.770. The van der Waals surface area contributed by atoms with Gasteiger partial charge in [0.05, 0.1) is 15.8 Å². The first-order chi connectivity index (χ1) is 8.99. The fraction of sp³-hybridized carbons (Fsp3) is 0.182. The first kappa shape index (κ1) is 14.2. The Labute approximate surface area is 123 Å². The first-order valence-corrected chi connectivity index (χ1v) is 6.92. The van der Waals surface area contributed by atoms with E-state index in [0.29, 0.717) is 21.0 Å². The molecule has 100 valence electrons. The molecule has 0 spiro atoms. The summed E-state index contributed by atoms with van der Waals surface area (Å²) in [7, 11) is 1.77. The van der Waals surface area contributed by atoms with Crippen LogP contribution in [0.3, 0.4) is 0 Å². The van der Waals surface area contributed by atoms with Crippen LogP contribution in [0.25, 0.3) is 11.4 Å². The summed E-state index contributed by atoms with van der Waals surface area (Å²) in [6, 6.07) is 5.15. The van der Waals surface area contributed by atoms with Crippen LogP contribution in [0, 0.1) is 0 Å². The average Bonchev–Trinajstić information content (AvgIpc) is 2.72. The van der Waals surface area contributed by atoms with E-state index in [1.165, 1.54) is 0 Å². The highest BCUT2D eigenvalue weighted by Gasteiger charge is 2.13. The number of carboxylic acids is 1. The summed E-state index contributed by atoms with van der Waals surface area (Å²) in [6.45, 7) is 0. The number of hydrogen-bond acceptors (Lipinski definition) is 4. The van der Waals surface area contributed by atoms with Gasteiger partial charge < -0.3 is 9.67 Å². The summed E-state index contributed by atoms with van der Waals surface area (Å²) in [5.74, 6) is -0.358. The molecule has 0 atom stereocenters.